The molecule has 8 nitrogen and oxygen atoms in total. The molecule has 1 aromatic carbocycles. The molecule has 2 heterocycles. The molecule has 8 heteroatoms. The number of aromatic nitrogens is 4. The van der Waals surface area contributed by atoms with Crippen LogP contribution in [0.1, 0.15) is 26.6 Å². The van der Waals surface area contributed by atoms with Crippen molar-refractivity contribution in [2.75, 3.05) is 7.11 Å². The normalized spacial score (nSPS) is 11.6. The number of rotatable bonds is 4. The summed E-state index contributed by atoms with van der Waals surface area (Å²) in [5.74, 6) is 0.988. The molecule has 0 unspecified atom stereocenters. The minimum Gasteiger partial charge on any atom is -0.497 e. The number of carbonyl (C=O) groups is 1. The standard InChI is InChI=1S/C19H23N5O3/c1-12-20-15(13-6-8-14(27-5)9-7-13)10-16-22-23(18(26)24(12)16)11-17(25)21-19(2,3)4/h6-10H,11H2,1-5H3,(H,21,25). The van der Waals surface area contributed by atoms with E-state index >= 15 is 0 Å². The van der Waals surface area contributed by atoms with Gasteiger partial charge in [-0.25, -0.2) is 18.9 Å². The Labute approximate surface area is 156 Å². The molecule has 27 heavy (non-hydrogen) atoms. The largest absolute Gasteiger partial charge is 0.497 e. The van der Waals surface area contributed by atoms with Gasteiger partial charge in [0.05, 0.1) is 12.8 Å². The molecule has 3 aromatic rings. The van der Waals surface area contributed by atoms with E-state index in [0.29, 0.717) is 17.2 Å². The van der Waals surface area contributed by atoms with Crippen LogP contribution in [0.2, 0.25) is 0 Å². The van der Waals surface area contributed by atoms with Crippen molar-refractivity contribution >= 4 is 11.6 Å². The minimum absolute atomic E-state index is 0.144. The number of carbonyl (C=O) groups excluding carboxylic acids is 1. The minimum atomic E-state index is -0.389. The highest BCUT2D eigenvalue weighted by atomic mass is 16.5. The third-order valence-electron chi connectivity index (χ3n) is 3.93. The highest BCUT2D eigenvalue weighted by Crippen LogP contribution is 2.21. The average Bonchev–Trinajstić information content (AvgIpc) is 2.89. The van der Waals surface area contributed by atoms with Gasteiger partial charge in [0.1, 0.15) is 18.1 Å². The fourth-order valence-corrected chi connectivity index (χ4v) is 2.81. The summed E-state index contributed by atoms with van der Waals surface area (Å²) in [7, 11) is 1.61. The first kappa shape index (κ1) is 18.6. The number of fused-ring (bicyclic) bond motifs is 1. The smallest absolute Gasteiger partial charge is 0.352 e. The van der Waals surface area contributed by atoms with Gasteiger partial charge >= 0.3 is 5.69 Å². The quantitative estimate of drug-likeness (QED) is 0.757. The number of nitrogens with zero attached hydrogens (tertiary/aromatic N) is 4. The summed E-state index contributed by atoms with van der Waals surface area (Å²) in [6.07, 6.45) is 0. The zero-order valence-corrected chi connectivity index (χ0v) is 16.1. The number of hydrogen-bond donors (Lipinski definition) is 1. The fourth-order valence-electron chi connectivity index (χ4n) is 2.81. The number of methoxy groups -OCH3 is 1. The van der Waals surface area contributed by atoms with E-state index in [-0.39, 0.29) is 23.7 Å². The van der Waals surface area contributed by atoms with Gasteiger partial charge in [0.25, 0.3) is 0 Å². The molecule has 0 aliphatic heterocycles. The number of benzene rings is 1. The van der Waals surface area contributed by atoms with Gasteiger partial charge in [-0.3, -0.25) is 4.79 Å². The van der Waals surface area contributed by atoms with Crippen LogP contribution in [0.25, 0.3) is 16.9 Å². The van der Waals surface area contributed by atoms with Gasteiger partial charge in [-0.15, -0.1) is 5.10 Å². The number of hydrogen-bond acceptors (Lipinski definition) is 5. The Kier molecular flexibility index (Phi) is 4.73. The highest BCUT2D eigenvalue weighted by molar-refractivity contribution is 5.76. The molecule has 0 aliphatic carbocycles. The third-order valence-corrected chi connectivity index (χ3v) is 3.93. The molecule has 1 amide bonds. The van der Waals surface area contributed by atoms with E-state index in [1.165, 1.54) is 4.40 Å². The van der Waals surface area contributed by atoms with Crippen molar-refractivity contribution in [2.24, 2.45) is 0 Å². The van der Waals surface area contributed by atoms with Crippen LogP contribution >= 0.6 is 0 Å². The van der Waals surface area contributed by atoms with Crippen LogP contribution in [0, 0.1) is 6.92 Å². The zero-order valence-electron chi connectivity index (χ0n) is 16.1. The van der Waals surface area contributed by atoms with Gasteiger partial charge in [0.15, 0.2) is 5.65 Å². The van der Waals surface area contributed by atoms with Crippen LogP contribution in [-0.2, 0) is 11.3 Å². The summed E-state index contributed by atoms with van der Waals surface area (Å²) >= 11 is 0. The summed E-state index contributed by atoms with van der Waals surface area (Å²) < 4.78 is 7.73. The molecular formula is C19H23N5O3. The van der Waals surface area contributed by atoms with Crippen LogP contribution in [0.4, 0.5) is 0 Å². The lowest BCUT2D eigenvalue weighted by Gasteiger charge is -2.20. The second-order valence-electron chi connectivity index (χ2n) is 7.35. The van der Waals surface area contributed by atoms with E-state index < -0.39 is 0 Å². The van der Waals surface area contributed by atoms with Gasteiger partial charge in [-0.2, -0.15) is 0 Å². The van der Waals surface area contributed by atoms with Crippen molar-refractivity contribution in [3.05, 3.63) is 46.6 Å². The molecule has 0 saturated carbocycles. The molecule has 2 aromatic heterocycles. The summed E-state index contributed by atoms with van der Waals surface area (Å²) in [6, 6.07) is 9.21. The van der Waals surface area contributed by atoms with Gasteiger partial charge in [-0.05, 0) is 52.0 Å². The topological polar surface area (TPSA) is 90.5 Å². The fraction of sp³-hybridized carbons (Fsp3) is 0.368. The number of nitrogens with one attached hydrogen (secondary N) is 1. The van der Waals surface area contributed by atoms with Crippen molar-refractivity contribution in [1.82, 2.24) is 24.5 Å². The molecule has 0 atom stereocenters. The summed E-state index contributed by atoms with van der Waals surface area (Å²) in [5.41, 5.74) is 1.26. The second kappa shape index (κ2) is 6.86. The molecular weight excluding hydrogens is 346 g/mol. The van der Waals surface area contributed by atoms with E-state index in [9.17, 15) is 9.59 Å². The predicted molar refractivity (Wildman–Crippen MR) is 102 cm³/mol. The SMILES string of the molecule is COc1ccc(-c2cc3nn(CC(=O)NC(C)(C)C)c(=O)n3c(C)n2)cc1. The molecule has 0 aliphatic rings. The van der Waals surface area contributed by atoms with Crippen molar-refractivity contribution in [3.8, 4) is 17.0 Å². The van der Waals surface area contributed by atoms with E-state index in [1.54, 1.807) is 20.1 Å². The van der Waals surface area contributed by atoms with Crippen molar-refractivity contribution in [3.63, 3.8) is 0 Å². The first-order valence-corrected chi connectivity index (χ1v) is 8.60. The number of ether oxygens (including phenoxy) is 1. The van der Waals surface area contributed by atoms with Gasteiger partial charge in [0.2, 0.25) is 5.91 Å². The van der Waals surface area contributed by atoms with Crippen LogP contribution in [0.3, 0.4) is 0 Å². The summed E-state index contributed by atoms with van der Waals surface area (Å²) in [4.78, 5) is 29.3. The third kappa shape index (κ3) is 3.99. The van der Waals surface area contributed by atoms with Crippen LogP contribution in [0.5, 0.6) is 5.75 Å². The van der Waals surface area contributed by atoms with Crippen molar-refractivity contribution < 1.29 is 9.53 Å². The molecule has 0 spiro atoms. The Morgan fingerprint density at radius 1 is 1.22 bits per heavy atom. The molecule has 0 radical (unpaired) electrons. The Balaban J connectivity index is 1.98. The van der Waals surface area contributed by atoms with Crippen molar-refractivity contribution in [2.45, 2.75) is 39.8 Å². The van der Waals surface area contributed by atoms with E-state index in [1.807, 2.05) is 45.0 Å². The lowest BCUT2D eigenvalue weighted by molar-refractivity contribution is -0.123. The maximum Gasteiger partial charge on any atom is 0.352 e. The molecule has 142 valence electrons. The van der Waals surface area contributed by atoms with Gasteiger partial charge in [0, 0.05) is 17.2 Å². The second-order valence-corrected chi connectivity index (χ2v) is 7.35. The van der Waals surface area contributed by atoms with Gasteiger partial charge < -0.3 is 10.1 Å². The first-order valence-electron chi connectivity index (χ1n) is 8.60. The maximum absolute atomic E-state index is 12.6. The zero-order chi connectivity index (χ0) is 19.8. The first-order chi connectivity index (χ1) is 12.7. The molecule has 0 saturated heterocycles. The molecule has 0 bridgehead atoms. The number of aryl methyl sites for hydroxylation is 1. The Bertz CT molecular complexity index is 1040. The Hall–Kier alpha value is -3.16. The Morgan fingerprint density at radius 2 is 1.89 bits per heavy atom. The van der Waals surface area contributed by atoms with Gasteiger partial charge in [-0.1, -0.05) is 0 Å². The van der Waals surface area contributed by atoms with Crippen LogP contribution in [-0.4, -0.2) is 37.7 Å². The number of amides is 1. The average molecular weight is 369 g/mol. The molecule has 3 rings (SSSR count). The highest BCUT2D eigenvalue weighted by Gasteiger charge is 2.18. The predicted octanol–water partition coefficient (Wildman–Crippen LogP) is 1.79. The lowest BCUT2D eigenvalue weighted by Crippen LogP contribution is -2.43. The van der Waals surface area contributed by atoms with Crippen molar-refractivity contribution in [1.29, 1.82) is 0 Å². The Morgan fingerprint density at radius 3 is 2.48 bits per heavy atom. The summed E-state index contributed by atoms with van der Waals surface area (Å²) in [6.45, 7) is 7.24. The molecule has 1 N–H and O–H groups in total. The maximum atomic E-state index is 12.6. The van der Waals surface area contributed by atoms with E-state index in [0.717, 1.165) is 16.0 Å². The summed E-state index contributed by atoms with van der Waals surface area (Å²) in [5, 5.41) is 7.13. The van der Waals surface area contributed by atoms with Crippen LogP contribution < -0.4 is 15.7 Å². The molecule has 0 fully saturated rings. The van der Waals surface area contributed by atoms with Crippen LogP contribution in [0.15, 0.2) is 35.1 Å². The monoisotopic (exact) mass is 369 g/mol. The lowest BCUT2D eigenvalue weighted by atomic mass is 10.1. The van der Waals surface area contributed by atoms with E-state index in [2.05, 4.69) is 15.4 Å². The van der Waals surface area contributed by atoms with E-state index in [4.69, 9.17) is 4.74 Å².